The van der Waals surface area contributed by atoms with Crippen molar-refractivity contribution in [2.45, 2.75) is 123 Å². The number of nitrogens with one attached hydrogen (secondary N) is 3. The second-order valence-electron chi connectivity index (χ2n) is 12.7. The molecule has 32 heavy (non-hydrogen) atoms. The lowest BCUT2D eigenvalue weighted by molar-refractivity contribution is 0.859. The molecular formula is C25H55N3P2Si2. The van der Waals surface area contributed by atoms with Crippen LogP contribution in [0.1, 0.15) is 55.4 Å². The molecule has 0 bridgehead atoms. The van der Waals surface area contributed by atoms with Crippen LogP contribution in [-0.4, -0.2) is 56.7 Å². The fourth-order valence-electron chi connectivity index (χ4n) is 4.81. The Bertz CT molecular complexity index is 771. The summed E-state index contributed by atoms with van der Waals surface area (Å²) in [7, 11) is -5.77. The molecule has 0 saturated carbocycles. The molecular weight excluding hydrogens is 460 g/mol. The molecule has 1 heterocycles. The molecule has 1 aliphatic heterocycles. The van der Waals surface area contributed by atoms with E-state index in [0.717, 1.165) is 0 Å². The Hall–Kier alpha value is 0.234. The average Bonchev–Trinajstić information content (AvgIpc) is 2.57. The zero-order valence-electron chi connectivity index (χ0n) is 23.7. The Balaban J connectivity index is 3.51. The monoisotopic (exact) mass is 515 g/mol. The minimum atomic E-state index is -1.47. The van der Waals surface area contributed by atoms with Crippen molar-refractivity contribution in [1.82, 2.24) is 14.8 Å². The van der Waals surface area contributed by atoms with Crippen molar-refractivity contribution in [2.24, 2.45) is 0 Å². The maximum Gasteiger partial charge on any atom is 0.120 e. The summed E-state index contributed by atoms with van der Waals surface area (Å²) in [4.78, 5) is 0. The number of dihydropyridines is 1. The average molecular weight is 516 g/mol. The molecule has 3 nitrogen and oxygen atoms in total. The minimum Gasteiger partial charge on any atom is -0.375 e. The van der Waals surface area contributed by atoms with Crippen molar-refractivity contribution in [3.05, 3.63) is 23.9 Å². The summed E-state index contributed by atoms with van der Waals surface area (Å²) in [5.74, 6) is 5.29. The van der Waals surface area contributed by atoms with Crippen LogP contribution in [-0.2, 0) is 0 Å². The van der Waals surface area contributed by atoms with Gasteiger partial charge in [-0.05, 0) is 47.3 Å². The van der Waals surface area contributed by atoms with Crippen LogP contribution >= 0.6 is 14.1 Å². The Kier molecular flexibility index (Phi) is 10.7. The highest BCUT2D eigenvalue weighted by atomic mass is 31.2. The van der Waals surface area contributed by atoms with Crippen LogP contribution in [0.25, 0.3) is 0 Å². The second kappa shape index (κ2) is 11.3. The smallest absolute Gasteiger partial charge is 0.120 e. The first kappa shape index (κ1) is 30.3. The van der Waals surface area contributed by atoms with E-state index in [1.807, 2.05) is 0 Å². The van der Waals surface area contributed by atoms with E-state index in [0.29, 0.717) is 22.6 Å². The van der Waals surface area contributed by atoms with Crippen LogP contribution in [0.5, 0.6) is 0 Å². The normalized spacial score (nSPS) is 18.4. The third-order valence-corrected chi connectivity index (χ3v) is 23.0. The lowest BCUT2D eigenvalue weighted by Crippen LogP contribution is -2.45. The van der Waals surface area contributed by atoms with Gasteiger partial charge in [0.05, 0.1) is 6.04 Å². The highest BCUT2D eigenvalue weighted by Crippen LogP contribution is 2.55. The number of hydrogen-bond donors (Lipinski definition) is 3. The molecule has 0 aromatic heterocycles. The molecule has 0 aliphatic carbocycles. The van der Waals surface area contributed by atoms with Crippen molar-refractivity contribution in [1.29, 1.82) is 0 Å². The highest BCUT2D eigenvalue weighted by Gasteiger charge is 2.33. The predicted octanol–water partition coefficient (Wildman–Crippen LogP) is 7.35. The molecule has 3 N–H and O–H groups in total. The molecule has 0 aromatic carbocycles. The van der Waals surface area contributed by atoms with E-state index >= 15 is 0 Å². The Morgan fingerprint density at radius 1 is 0.750 bits per heavy atom. The van der Waals surface area contributed by atoms with Gasteiger partial charge < -0.3 is 14.8 Å². The molecule has 0 radical (unpaired) electrons. The molecule has 188 valence electrons. The summed E-state index contributed by atoms with van der Waals surface area (Å²) in [5.41, 5.74) is 3.81. The molecule has 0 amide bonds. The van der Waals surface area contributed by atoms with Crippen LogP contribution in [0.2, 0.25) is 39.3 Å². The minimum absolute atomic E-state index is 0.279. The third kappa shape index (κ3) is 8.17. The summed E-state index contributed by atoms with van der Waals surface area (Å²) in [6.45, 7) is 33.9. The zero-order chi connectivity index (χ0) is 25.1. The van der Waals surface area contributed by atoms with Gasteiger partial charge in [-0.2, -0.15) is 0 Å². The summed E-state index contributed by atoms with van der Waals surface area (Å²) in [5, 5.41) is 3.92. The first-order valence-corrected chi connectivity index (χ1v) is 23.6. The van der Waals surface area contributed by atoms with Crippen molar-refractivity contribution >= 4 is 42.1 Å². The van der Waals surface area contributed by atoms with Gasteiger partial charge in [-0.1, -0.05) is 114 Å². The summed E-state index contributed by atoms with van der Waals surface area (Å²) in [6, 6.07) is 0.279. The molecule has 0 fully saturated rings. The molecule has 0 spiro atoms. The number of rotatable bonds is 10. The van der Waals surface area contributed by atoms with Gasteiger partial charge in [0.15, 0.2) is 0 Å². The van der Waals surface area contributed by atoms with E-state index in [4.69, 9.17) is 0 Å². The molecule has 0 aromatic rings. The van der Waals surface area contributed by atoms with E-state index in [1.165, 1.54) is 5.70 Å². The largest absolute Gasteiger partial charge is 0.375 e. The lowest BCUT2D eigenvalue weighted by atomic mass is 10.2. The third-order valence-electron chi connectivity index (χ3n) is 6.16. The molecule has 1 unspecified atom stereocenters. The van der Waals surface area contributed by atoms with Gasteiger partial charge in [-0.15, -0.1) is 0 Å². The number of hydrogen-bond acceptors (Lipinski definition) is 3. The summed E-state index contributed by atoms with van der Waals surface area (Å²) < 4.78 is 8.46. The van der Waals surface area contributed by atoms with E-state index < -0.39 is 30.5 Å². The topological polar surface area (TPSA) is 36.1 Å². The van der Waals surface area contributed by atoms with E-state index in [2.05, 4.69) is 139 Å². The molecule has 1 rings (SSSR count). The van der Waals surface area contributed by atoms with Crippen molar-refractivity contribution < 1.29 is 0 Å². The Labute approximate surface area is 203 Å². The van der Waals surface area contributed by atoms with E-state index in [-0.39, 0.29) is 6.04 Å². The summed E-state index contributed by atoms with van der Waals surface area (Å²) >= 11 is 0. The lowest BCUT2D eigenvalue weighted by Gasteiger charge is -2.42. The van der Waals surface area contributed by atoms with Crippen LogP contribution in [0, 0.1) is 0 Å². The van der Waals surface area contributed by atoms with E-state index in [9.17, 15) is 0 Å². The van der Waals surface area contributed by atoms with Crippen LogP contribution in [0.4, 0.5) is 0 Å². The molecule has 0 saturated heterocycles. The van der Waals surface area contributed by atoms with Crippen LogP contribution < -0.4 is 14.8 Å². The zero-order valence-corrected chi connectivity index (χ0v) is 27.5. The standard InChI is InChI=1S/C25H55N3P2Si2/c1-20(2)29(21(3)4,27-31(9,10)11)18-24-16-15-17-25(26-24)19-30(22(5)6,23(7)8)28-32(12,13)14/h15-24,26-28H,1-14H3. The van der Waals surface area contributed by atoms with Crippen molar-refractivity contribution in [3.8, 4) is 0 Å². The Morgan fingerprint density at radius 2 is 1.16 bits per heavy atom. The predicted molar refractivity (Wildman–Crippen MR) is 164 cm³/mol. The first-order chi connectivity index (χ1) is 14.3. The maximum absolute atomic E-state index is 4.24. The fraction of sp³-hybridized carbons (Fsp3) is 0.760. The molecule has 1 aliphatic rings. The van der Waals surface area contributed by atoms with E-state index in [1.54, 1.807) is 0 Å². The quantitative estimate of drug-likeness (QED) is 0.210. The van der Waals surface area contributed by atoms with Gasteiger partial charge >= 0.3 is 0 Å². The molecule has 7 heteroatoms. The first-order valence-electron chi connectivity index (χ1n) is 12.6. The Morgan fingerprint density at radius 3 is 1.53 bits per heavy atom. The molecule has 1 atom stereocenters. The number of allylic oxidation sites excluding steroid dienone is 3. The highest BCUT2D eigenvalue weighted by molar-refractivity contribution is 7.76. The van der Waals surface area contributed by atoms with Gasteiger partial charge in [0.1, 0.15) is 16.5 Å². The van der Waals surface area contributed by atoms with Crippen molar-refractivity contribution in [3.63, 3.8) is 0 Å². The maximum atomic E-state index is 4.24. The van der Waals surface area contributed by atoms with Gasteiger partial charge in [0, 0.05) is 5.70 Å². The SMILES string of the molecule is CC(C)P(=CC1=CC=CC(C=P(N[Si](C)(C)C)(C(C)C)C(C)C)N1)(N[Si](C)(C)C)C(C)C. The van der Waals surface area contributed by atoms with Gasteiger partial charge in [0.25, 0.3) is 0 Å². The second-order valence-corrected chi connectivity index (χ2v) is 31.5. The van der Waals surface area contributed by atoms with Gasteiger partial charge in [0.2, 0.25) is 0 Å². The summed E-state index contributed by atoms with van der Waals surface area (Å²) in [6.07, 6.45) is 6.91. The van der Waals surface area contributed by atoms with Crippen LogP contribution in [0.15, 0.2) is 23.9 Å². The van der Waals surface area contributed by atoms with Gasteiger partial charge in [-0.25, -0.2) is 0 Å². The van der Waals surface area contributed by atoms with Crippen LogP contribution in [0.3, 0.4) is 0 Å². The van der Waals surface area contributed by atoms with Gasteiger partial charge in [-0.3, -0.25) is 0 Å². The fourth-order valence-corrected chi connectivity index (χ4v) is 23.8. The van der Waals surface area contributed by atoms with Crippen molar-refractivity contribution in [2.75, 3.05) is 0 Å².